The molecule has 5 N–H and O–H groups in total. The second kappa shape index (κ2) is 7.97. The van der Waals surface area contributed by atoms with Gasteiger partial charge in [0.05, 0.1) is 13.2 Å². The first-order valence-corrected chi connectivity index (χ1v) is 8.05. The topological polar surface area (TPSA) is 171 Å². The van der Waals surface area contributed by atoms with Crippen molar-refractivity contribution >= 4 is 7.82 Å². The van der Waals surface area contributed by atoms with Crippen molar-refractivity contribution in [2.24, 2.45) is 0 Å². The Morgan fingerprint density at radius 1 is 1.39 bits per heavy atom. The van der Waals surface area contributed by atoms with Crippen molar-refractivity contribution in [3.63, 3.8) is 0 Å². The van der Waals surface area contributed by atoms with Crippen molar-refractivity contribution in [1.29, 1.82) is 0 Å². The molecule has 0 aliphatic carbocycles. The minimum absolute atomic E-state index is 0.277. The van der Waals surface area contributed by atoms with Gasteiger partial charge in [0.2, 0.25) is 0 Å². The van der Waals surface area contributed by atoms with Crippen LogP contribution in [0.2, 0.25) is 0 Å². The van der Waals surface area contributed by atoms with Crippen molar-refractivity contribution < 1.29 is 33.8 Å². The number of aromatic amines is 1. The van der Waals surface area contributed by atoms with Gasteiger partial charge in [0.1, 0.15) is 18.4 Å². The normalized spacial score (nSPS) is 16.1. The number of aliphatic hydroxyl groups is 2. The Hall–Kier alpha value is -1.33. The van der Waals surface area contributed by atoms with Crippen molar-refractivity contribution in [3.05, 3.63) is 32.6 Å². The van der Waals surface area contributed by atoms with E-state index in [1.807, 2.05) is 4.98 Å². The highest BCUT2D eigenvalue weighted by molar-refractivity contribution is 7.46. The first-order chi connectivity index (χ1) is 10.5. The van der Waals surface area contributed by atoms with Gasteiger partial charge in [-0.1, -0.05) is 0 Å². The third-order valence-corrected chi connectivity index (χ3v) is 3.41. The van der Waals surface area contributed by atoms with Crippen LogP contribution < -0.4 is 11.2 Å². The molecule has 1 unspecified atom stereocenters. The number of rotatable bonds is 8. The number of hydrogen-bond acceptors (Lipinski definition) is 7. The molecule has 1 aromatic rings. The zero-order valence-corrected chi connectivity index (χ0v) is 13.3. The minimum Gasteiger partial charge on any atom is -0.394 e. The van der Waals surface area contributed by atoms with E-state index in [0.29, 0.717) is 0 Å². The molecule has 0 aromatic carbocycles. The SMILES string of the molecule is Cc1cc(=O)[nH]c(=O)n1C(C)O[C@H](COP(=O)(O)O)[C@H](O)CO. The van der Waals surface area contributed by atoms with Crippen LogP contribution in [0.25, 0.3) is 0 Å². The van der Waals surface area contributed by atoms with E-state index in [1.54, 1.807) is 0 Å². The number of ether oxygens (including phenoxy) is 1. The van der Waals surface area contributed by atoms with Gasteiger partial charge < -0.3 is 24.7 Å². The maximum Gasteiger partial charge on any atom is 0.469 e. The molecule has 0 bridgehead atoms. The number of phosphoric acid groups is 1. The van der Waals surface area contributed by atoms with E-state index in [0.717, 1.165) is 10.6 Å². The molecular formula is C11H19N2O9P. The number of aryl methyl sites for hydroxylation is 1. The van der Waals surface area contributed by atoms with Crippen LogP contribution in [-0.2, 0) is 13.8 Å². The molecule has 0 fully saturated rings. The summed E-state index contributed by atoms with van der Waals surface area (Å²) in [5.41, 5.74) is -1.07. The number of nitrogens with zero attached hydrogens (tertiary/aromatic N) is 1. The summed E-state index contributed by atoms with van der Waals surface area (Å²) in [4.78, 5) is 42.4. The van der Waals surface area contributed by atoms with Crippen LogP contribution in [0.1, 0.15) is 18.8 Å². The first kappa shape index (κ1) is 19.7. The summed E-state index contributed by atoms with van der Waals surface area (Å²) < 4.78 is 21.4. The summed E-state index contributed by atoms with van der Waals surface area (Å²) in [6, 6.07) is 1.16. The van der Waals surface area contributed by atoms with E-state index >= 15 is 0 Å². The summed E-state index contributed by atoms with van der Waals surface area (Å²) in [7, 11) is -4.80. The zero-order valence-electron chi connectivity index (χ0n) is 12.4. The Morgan fingerprint density at radius 3 is 2.48 bits per heavy atom. The summed E-state index contributed by atoms with van der Waals surface area (Å²) in [6.45, 7) is 1.44. The maximum atomic E-state index is 11.8. The highest BCUT2D eigenvalue weighted by Gasteiger charge is 2.27. The van der Waals surface area contributed by atoms with Gasteiger partial charge in [-0.15, -0.1) is 0 Å². The van der Waals surface area contributed by atoms with Crippen molar-refractivity contribution in [1.82, 2.24) is 9.55 Å². The van der Waals surface area contributed by atoms with Crippen LogP contribution in [0.15, 0.2) is 15.7 Å². The number of nitrogens with one attached hydrogen (secondary N) is 1. The molecule has 0 aliphatic rings. The molecule has 12 heteroatoms. The molecule has 0 saturated heterocycles. The Balaban J connectivity index is 2.97. The summed E-state index contributed by atoms with van der Waals surface area (Å²) >= 11 is 0. The van der Waals surface area contributed by atoms with Gasteiger partial charge in [0, 0.05) is 11.8 Å². The lowest BCUT2D eigenvalue weighted by Crippen LogP contribution is -2.40. The lowest BCUT2D eigenvalue weighted by Gasteiger charge is -2.27. The molecule has 1 aromatic heterocycles. The Morgan fingerprint density at radius 2 is 2.00 bits per heavy atom. The Bertz CT molecular complexity index is 679. The molecule has 0 spiro atoms. The molecular weight excluding hydrogens is 335 g/mol. The molecule has 1 rings (SSSR count). The molecule has 0 saturated carbocycles. The molecule has 3 atom stereocenters. The van der Waals surface area contributed by atoms with Crippen molar-refractivity contribution in [3.8, 4) is 0 Å². The fourth-order valence-electron chi connectivity index (χ4n) is 1.92. The third kappa shape index (κ3) is 5.99. The van der Waals surface area contributed by atoms with Crippen LogP contribution in [0.5, 0.6) is 0 Å². The predicted octanol–water partition coefficient (Wildman–Crippen LogP) is -1.79. The molecule has 0 amide bonds. The van der Waals surface area contributed by atoms with E-state index in [1.165, 1.54) is 13.8 Å². The van der Waals surface area contributed by atoms with Crippen molar-refractivity contribution in [2.75, 3.05) is 13.2 Å². The number of phosphoric ester groups is 1. The molecule has 132 valence electrons. The number of H-pyrrole nitrogens is 1. The maximum absolute atomic E-state index is 11.8. The van der Waals surface area contributed by atoms with Crippen LogP contribution >= 0.6 is 7.82 Å². The third-order valence-electron chi connectivity index (χ3n) is 2.93. The lowest BCUT2D eigenvalue weighted by atomic mass is 10.2. The number of hydrogen-bond donors (Lipinski definition) is 5. The average molecular weight is 354 g/mol. The Labute approximate surface area is 130 Å². The average Bonchev–Trinajstić information content (AvgIpc) is 2.40. The van der Waals surface area contributed by atoms with Gasteiger partial charge in [-0.2, -0.15) is 0 Å². The summed E-state index contributed by atoms with van der Waals surface area (Å²) in [6.07, 6.45) is -3.82. The summed E-state index contributed by atoms with van der Waals surface area (Å²) in [5.74, 6) is 0. The van der Waals surface area contributed by atoms with Gasteiger partial charge in [0.15, 0.2) is 0 Å². The predicted molar refractivity (Wildman–Crippen MR) is 76.7 cm³/mol. The highest BCUT2D eigenvalue weighted by Crippen LogP contribution is 2.36. The zero-order chi connectivity index (χ0) is 17.8. The van der Waals surface area contributed by atoms with E-state index in [9.17, 15) is 19.3 Å². The van der Waals surface area contributed by atoms with E-state index in [2.05, 4.69) is 4.52 Å². The molecule has 1 heterocycles. The van der Waals surface area contributed by atoms with Gasteiger partial charge in [-0.3, -0.25) is 18.9 Å². The second-order valence-electron chi connectivity index (χ2n) is 4.76. The first-order valence-electron chi connectivity index (χ1n) is 6.52. The van der Waals surface area contributed by atoms with Crippen LogP contribution in [-0.4, -0.2) is 55.0 Å². The van der Waals surface area contributed by atoms with Gasteiger partial charge >= 0.3 is 13.5 Å². The van der Waals surface area contributed by atoms with E-state index < -0.39 is 50.7 Å². The smallest absolute Gasteiger partial charge is 0.394 e. The largest absolute Gasteiger partial charge is 0.469 e. The Kier molecular flexibility index (Phi) is 6.84. The second-order valence-corrected chi connectivity index (χ2v) is 6.00. The minimum atomic E-state index is -4.80. The lowest BCUT2D eigenvalue weighted by molar-refractivity contribution is -0.126. The van der Waals surface area contributed by atoms with E-state index in [4.69, 9.17) is 19.6 Å². The molecule has 11 nitrogen and oxygen atoms in total. The van der Waals surface area contributed by atoms with Crippen LogP contribution in [0.4, 0.5) is 0 Å². The summed E-state index contributed by atoms with van der Waals surface area (Å²) in [5, 5.41) is 18.6. The standard InChI is InChI=1S/C11H19N2O9P/c1-6-3-10(16)12-11(17)13(6)7(2)22-9(8(15)4-14)5-21-23(18,19)20/h3,7-9,14-15H,4-5H2,1-2H3,(H,12,16,17)(H2,18,19,20)/t7?,8-,9-/m1/s1. The van der Waals surface area contributed by atoms with Crippen LogP contribution in [0, 0.1) is 6.92 Å². The fourth-order valence-corrected chi connectivity index (χ4v) is 2.26. The van der Waals surface area contributed by atoms with Crippen LogP contribution in [0.3, 0.4) is 0 Å². The highest BCUT2D eigenvalue weighted by atomic mass is 31.2. The van der Waals surface area contributed by atoms with Gasteiger partial charge in [-0.25, -0.2) is 9.36 Å². The quantitative estimate of drug-likeness (QED) is 0.338. The monoisotopic (exact) mass is 354 g/mol. The molecule has 0 radical (unpaired) electrons. The molecule has 23 heavy (non-hydrogen) atoms. The van der Waals surface area contributed by atoms with E-state index in [-0.39, 0.29) is 5.69 Å². The van der Waals surface area contributed by atoms with Crippen molar-refractivity contribution in [2.45, 2.75) is 32.3 Å². The number of aliphatic hydroxyl groups excluding tert-OH is 2. The molecule has 0 aliphatic heterocycles. The fraction of sp³-hybridized carbons (Fsp3) is 0.636. The van der Waals surface area contributed by atoms with Gasteiger partial charge in [-0.05, 0) is 13.8 Å². The van der Waals surface area contributed by atoms with Gasteiger partial charge in [0.25, 0.3) is 5.56 Å². The number of aromatic nitrogens is 2.